The second kappa shape index (κ2) is 5.81. The second-order valence-corrected chi connectivity index (χ2v) is 8.67. The van der Waals surface area contributed by atoms with Crippen LogP contribution in [0.5, 0.6) is 5.75 Å². The molecule has 0 bridgehead atoms. The van der Waals surface area contributed by atoms with Gasteiger partial charge in [0.15, 0.2) is 0 Å². The topological polar surface area (TPSA) is 55.4 Å². The van der Waals surface area contributed by atoms with Crippen molar-refractivity contribution in [3.8, 4) is 5.75 Å². The smallest absolute Gasteiger partial charge is 0.261 e. The fraction of sp³-hybridized carbons (Fsp3) is 0.368. The van der Waals surface area contributed by atoms with Gasteiger partial charge >= 0.3 is 0 Å². The summed E-state index contributed by atoms with van der Waals surface area (Å²) >= 11 is 0. The molecule has 1 aliphatic heterocycles. The highest BCUT2D eigenvalue weighted by molar-refractivity contribution is 7.92. The van der Waals surface area contributed by atoms with E-state index in [1.807, 2.05) is 39.8 Å². The first-order chi connectivity index (χ1) is 11.2. The van der Waals surface area contributed by atoms with Crippen LogP contribution in [0, 0.1) is 13.8 Å². The number of sulfonamides is 1. The van der Waals surface area contributed by atoms with Crippen molar-refractivity contribution in [1.29, 1.82) is 0 Å². The van der Waals surface area contributed by atoms with Gasteiger partial charge in [-0.3, -0.25) is 4.72 Å². The number of benzene rings is 2. The van der Waals surface area contributed by atoms with Gasteiger partial charge in [-0.05, 0) is 81.5 Å². The maximum atomic E-state index is 12.7. The first-order valence-corrected chi connectivity index (χ1v) is 9.57. The third-order valence-electron chi connectivity index (χ3n) is 4.57. The van der Waals surface area contributed by atoms with Gasteiger partial charge in [0.1, 0.15) is 11.4 Å². The Labute approximate surface area is 143 Å². The van der Waals surface area contributed by atoms with Crippen molar-refractivity contribution in [2.45, 2.75) is 51.0 Å². The largest absolute Gasteiger partial charge is 0.488 e. The number of nitrogens with one attached hydrogen (secondary N) is 1. The molecule has 0 atom stereocenters. The number of anilines is 1. The molecule has 0 saturated carbocycles. The first kappa shape index (κ1) is 16.8. The SMILES string of the molecule is Cc1cccc(NS(=O)(=O)c2ccc3c(c2)CCC(C)(C)O3)c1C. The van der Waals surface area contributed by atoms with E-state index in [-0.39, 0.29) is 10.5 Å². The molecular weight excluding hydrogens is 322 g/mol. The Morgan fingerprint density at radius 3 is 2.62 bits per heavy atom. The lowest BCUT2D eigenvalue weighted by molar-refractivity contribution is 0.0845. The molecule has 128 valence electrons. The minimum Gasteiger partial charge on any atom is -0.488 e. The van der Waals surface area contributed by atoms with Crippen LogP contribution in [-0.4, -0.2) is 14.0 Å². The van der Waals surface area contributed by atoms with Gasteiger partial charge in [0, 0.05) is 0 Å². The van der Waals surface area contributed by atoms with Crippen LogP contribution in [0.4, 0.5) is 5.69 Å². The molecule has 4 nitrogen and oxygen atoms in total. The van der Waals surface area contributed by atoms with Gasteiger partial charge in [-0.25, -0.2) is 8.42 Å². The van der Waals surface area contributed by atoms with E-state index in [4.69, 9.17) is 4.74 Å². The summed E-state index contributed by atoms with van der Waals surface area (Å²) in [5, 5.41) is 0. The van der Waals surface area contributed by atoms with Crippen molar-refractivity contribution < 1.29 is 13.2 Å². The predicted octanol–water partition coefficient (Wildman–Crippen LogP) is 4.21. The number of rotatable bonds is 3. The lowest BCUT2D eigenvalue weighted by Gasteiger charge is -2.32. The molecule has 1 heterocycles. The first-order valence-electron chi connectivity index (χ1n) is 8.09. The van der Waals surface area contributed by atoms with Gasteiger partial charge in [0.05, 0.1) is 10.6 Å². The van der Waals surface area contributed by atoms with Crippen LogP contribution < -0.4 is 9.46 Å². The lowest BCUT2D eigenvalue weighted by atomic mass is 9.94. The predicted molar refractivity (Wildman–Crippen MR) is 96.2 cm³/mol. The molecule has 0 aliphatic carbocycles. The molecule has 5 heteroatoms. The van der Waals surface area contributed by atoms with Crippen molar-refractivity contribution in [2.24, 2.45) is 0 Å². The van der Waals surface area contributed by atoms with E-state index >= 15 is 0 Å². The summed E-state index contributed by atoms with van der Waals surface area (Å²) in [4.78, 5) is 0.269. The van der Waals surface area contributed by atoms with E-state index in [9.17, 15) is 8.42 Å². The molecule has 2 aromatic rings. The van der Waals surface area contributed by atoms with E-state index in [0.29, 0.717) is 5.69 Å². The number of ether oxygens (including phenoxy) is 1. The molecule has 1 N–H and O–H groups in total. The van der Waals surface area contributed by atoms with E-state index in [0.717, 1.165) is 35.3 Å². The summed E-state index contributed by atoms with van der Waals surface area (Å²) in [6, 6.07) is 10.7. The minimum absolute atomic E-state index is 0.204. The van der Waals surface area contributed by atoms with Gasteiger partial charge in [-0.15, -0.1) is 0 Å². The zero-order valence-electron chi connectivity index (χ0n) is 14.5. The number of hydrogen-bond acceptors (Lipinski definition) is 3. The summed E-state index contributed by atoms with van der Waals surface area (Å²) in [5.41, 5.74) is 3.34. The van der Waals surface area contributed by atoms with Crippen molar-refractivity contribution in [1.82, 2.24) is 0 Å². The third-order valence-corrected chi connectivity index (χ3v) is 5.94. The summed E-state index contributed by atoms with van der Waals surface area (Å²) in [7, 11) is -3.62. The average Bonchev–Trinajstić information content (AvgIpc) is 2.50. The number of hydrogen-bond donors (Lipinski definition) is 1. The number of fused-ring (bicyclic) bond motifs is 1. The molecule has 0 aromatic heterocycles. The standard InChI is InChI=1S/C19H23NO3S/c1-13-6-5-7-17(14(13)2)20-24(21,22)16-8-9-18-15(12-16)10-11-19(3,4)23-18/h5-9,12,20H,10-11H2,1-4H3. The van der Waals surface area contributed by atoms with E-state index in [2.05, 4.69) is 4.72 Å². The highest BCUT2D eigenvalue weighted by Gasteiger charge is 2.27. The normalized spacial score (nSPS) is 16.2. The average molecular weight is 345 g/mol. The quantitative estimate of drug-likeness (QED) is 0.907. The molecule has 0 fully saturated rings. The molecule has 24 heavy (non-hydrogen) atoms. The maximum Gasteiger partial charge on any atom is 0.261 e. The van der Waals surface area contributed by atoms with Crippen LogP contribution in [0.3, 0.4) is 0 Å². The van der Waals surface area contributed by atoms with Gasteiger partial charge in [0.25, 0.3) is 10.0 Å². The van der Waals surface area contributed by atoms with Crippen molar-refractivity contribution >= 4 is 15.7 Å². The summed E-state index contributed by atoms with van der Waals surface area (Å²) < 4.78 is 34.1. The van der Waals surface area contributed by atoms with Crippen LogP contribution in [0.25, 0.3) is 0 Å². The van der Waals surface area contributed by atoms with E-state index in [1.54, 1.807) is 24.3 Å². The Morgan fingerprint density at radius 2 is 1.88 bits per heavy atom. The van der Waals surface area contributed by atoms with Crippen molar-refractivity contribution in [2.75, 3.05) is 4.72 Å². The van der Waals surface area contributed by atoms with Crippen molar-refractivity contribution in [3.63, 3.8) is 0 Å². The second-order valence-electron chi connectivity index (χ2n) is 6.98. The van der Waals surface area contributed by atoms with Crippen LogP contribution in [0.1, 0.15) is 37.0 Å². The Kier molecular flexibility index (Phi) is 4.08. The van der Waals surface area contributed by atoms with Gasteiger partial charge in [0.2, 0.25) is 0 Å². The molecule has 0 spiro atoms. The summed E-state index contributed by atoms with van der Waals surface area (Å²) in [6.45, 7) is 7.96. The molecule has 1 aliphatic rings. The molecule has 0 amide bonds. The van der Waals surface area contributed by atoms with Crippen LogP contribution >= 0.6 is 0 Å². The molecule has 0 radical (unpaired) electrons. The summed E-state index contributed by atoms with van der Waals surface area (Å²) in [5.74, 6) is 0.775. The summed E-state index contributed by atoms with van der Waals surface area (Å²) in [6.07, 6.45) is 1.68. The third kappa shape index (κ3) is 3.26. The highest BCUT2D eigenvalue weighted by Crippen LogP contribution is 2.34. The maximum absolute atomic E-state index is 12.7. The molecule has 3 rings (SSSR count). The number of aryl methyl sites for hydroxylation is 2. The monoisotopic (exact) mass is 345 g/mol. The lowest BCUT2D eigenvalue weighted by Crippen LogP contribution is -2.32. The van der Waals surface area contributed by atoms with Gasteiger partial charge in [-0.2, -0.15) is 0 Å². The van der Waals surface area contributed by atoms with Gasteiger partial charge < -0.3 is 4.74 Å². The van der Waals surface area contributed by atoms with Crippen LogP contribution in [0.15, 0.2) is 41.3 Å². The molecule has 0 unspecified atom stereocenters. The minimum atomic E-state index is -3.62. The van der Waals surface area contributed by atoms with E-state index < -0.39 is 10.0 Å². The Morgan fingerprint density at radius 1 is 1.12 bits per heavy atom. The highest BCUT2D eigenvalue weighted by atomic mass is 32.2. The zero-order valence-corrected chi connectivity index (χ0v) is 15.3. The molecule has 0 saturated heterocycles. The molecular formula is C19H23NO3S. The molecule has 2 aromatic carbocycles. The Bertz CT molecular complexity index is 885. The zero-order chi connectivity index (χ0) is 17.5. The van der Waals surface area contributed by atoms with Crippen LogP contribution in [0.2, 0.25) is 0 Å². The van der Waals surface area contributed by atoms with Crippen molar-refractivity contribution in [3.05, 3.63) is 53.1 Å². The fourth-order valence-corrected chi connectivity index (χ4v) is 4.04. The van der Waals surface area contributed by atoms with Crippen LogP contribution in [-0.2, 0) is 16.4 Å². The Balaban J connectivity index is 1.92. The Hall–Kier alpha value is -2.01. The fourth-order valence-electron chi connectivity index (χ4n) is 2.87. The van der Waals surface area contributed by atoms with Gasteiger partial charge in [-0.1, -0.05) is 12.1 Å². The van der Waals surface area contributed by atoms with E-state index in [1.165, 1.54) is 0 Å².